The molecule has 0 heterocycles. The van der Waals surface area contributed by atoms with E-state index in [1.165, 1.54) is 13.3 Å². The van der Waals surface area contributed by atoms with Gasteiger partial charge in [0, 0.05) is 13.8 Å². The Morgan fingerprint density at radius 1 is 1.27 bits per heavy atom. The first-order valence-electron chi connectivity index (χ1n) is 3.03. The molecular weight excluding hydrogens is 189 g/mol. The van der Waals surface area contributed by atoms with Crippen LogP contribution in [0.5, 0.6) is 0 Å². The van der Waals surface area contributed by atoms with Crippen LogP contribution in [0.25, 0.3) is 0 Å². The second-order valence-corrected chi connectivity index (χ2v) is 9.20. The molecule has 0 saturated heterocycles. The largest absolute Gasteiger partial charge is 0.330 e. The Balaban J connectivity index is 4.64. The van der Waals surface area contributed by atoms with Crippen molar-refractivity contribution in [3.63, 3.8) is 0 Å². The molecule has 0 bridgehead atoms. The maximum absolute atomic E-state index is 13.0. The lowest BCUT2D eigenvalue weighted by Gasteiger charge is -2.18. The molecule has 0 aromatic rings. The van der Waals surface area contributed by atoms with Crippen LogP contribution in [0.2, 0.25) is 0 Å². The van der Waals surface area contributed by atoms with Gasteiger partial charge in [-0.2, -0.15) is 0 Å². The van der Waals surface area contributed by atoms with Gasteiger partial charge in [-0.25, -0.2) is 4.39 Å². The molecule has 0 N–H and O–H groups in total. The summed E-state index contributed by atoms with van der Waals surface area (Å²) in [5.74, 6) is 0. The van der Waals surface area contributed by atoms with Crippen LogP contribution in [0, 0.1) is 0 Å². The minimum Gasteiger partial charge on any atom is -0.330 e. The molecule has 2 unspecified atom stereocenters. The average Bonchev–Trinajstić information content (AvgIpc) is 1.84. The van der Waals surface area contributed by atoms with Crippen molar-refractivity contribution >= 4 is 14.5 Å². The van der Waals surface area contributed by atoms with Gasteiger partial charge in [0.2, 0.25) is 13.0 Å². The fourth-order valence-corrected chi connectivity index (χ4v) is 5.09. The maximum Gasteiger partial charge on any atom is 0.240 e. The molecule has 11 heavy (non-hydrogen) atoms. The highest BCUT2D eigenvalue weighted by atomic mass is 31.2. The molecule has 0 amide bonds. The van der Waals surface area contributed by atoms with E-state index in [1.807, 2.05) is 0 Å². The van der Waals surface area contributed by atoms with Crippen molar-refractivity contribution < 1.29 is 18.0 Å². The molecular formula is C5H13FO3P2. The molecule has 0 rings (SSSR count). The molecule has 0 aromatic heterocycles. The molecule has 0 saturated carbocycles. The fourth-order valence-electron chi connectivity index (χ4n) is 0.592. The number of rotatable bonds is 3. The van der Waals surface area contributed by atoms with Crippen molar-refractivity contribution in [1.82, 2.24) is 0 Å². The fraction of sp³-hybridized carbons (Fsp3) is 1.00. The zero-order chi connectivity index (χ0) is 9.28. The monoisotopic (exact) mass is 202 g/mol. The standard InChI is InChI=1S/C5H13FO3P2/c1-9-11(4,8)5(6)10(2,3)7/h5H,1-4H3. The lowest BCUT2D eigenvalue weighted by Crippen LogP contribution is -2.02. The Morgan fingerprint density at radius 3 is 1.73 bits per heavy atom. The zero-order valence-corrected chi connectivity index (χ0v) is 8.86. The van der Waals surface area contributed by atoms with Gasteiger partial charge in [-0.15, -0.1) is 0 Å². The number of hydrogen-bond acceptors (Lipinski definition) is 3. The van der Waals surface area contributed by atoms with Crippen molar-refractivity contribution in [3.8, 4) is 0 Å². The van der Waals surface area contributed by atoms with Crippen LogP contribution < -0.4 is 0 Å². The van der Waals surface area contributed by atoms with Crippen LogP contribution in [-0.4, -0.2) is 32.8 Å². The molecule has 0 aliphatic carbocycles. The highest BCUT2D eigenvalue weighted by molar-refractivity contribution is 7.78. The van der Waals surface area contributed by atoms with Crippen LogP contribution in [0.4, 0.5) is 4.39 Å². The van der Waals surface area contributed by atoms with Gasteiger partial charge in [0.1, 0.15) is 7.14 Å². The molecule has 0 radical (unpaired) electrons. The molecule has 0 fully saturated rings. The summed E-state index contributed by atoms with van der Waals surface area (Å²) in [4.78, 5) is 0. The number of alkyl halides is 1. The van der Waals surface area contributed by atoms with Gasteiger partial charge in [0.25, 0.3) is 0 Å². The van der Waals surface area contributed by atoms with Gasteiger partial charge < -0.3 is 9.09 Å². The van der Waals surface area contributed by atoms with Gasteiger partial charge in [0.15, 0.2) is 0 Å². The van der Waals surface area contributed by atoms with Gasteiger partial charge in [0.05, 0.1) is 0 Å². The summed E-state index contributed by atoms with van der Waals surface area (Å²) in [7, 11) is -5.11. The molecule has 68 valence electrons. The highest BCUT2D eigenvalue weighted by Crippen LogP contribution is 2.63. The topological polar surface area (TPSA) is 43.4 Å². The first-order valence-corrected chi connectivity index (χ1v) is 7.84. The first-order chi connectivity index (χ1) is 4.72. The van der Waals surface area contributed by atoms with Crippen LogP contribution >= 0.6 is 14.5 Å². The lowest BCUT2D eigenvalue weighted by molar-refractivity contribution is 0.365. The van der Waals surface area contributed by atoms with Crippen molar-refractivity contribution in [3.05, 3.63) is 0 Å². The number of hydrogen-bond donors (Lipinski definition) is 0. The van der Waals surface area contributed by atoms with Crippen molar-refractivity contribution in [2.24, 2.45) is 0 Å². The smallest absolute Gasteiger partial charge is 0.240 e. The number of halogens is 1. The SMILES string of the molecule is COP(C)(=O)C(F)P(C)(C)=O. The van der Waals surface area contributed by atoms with E-state index in [0.29, 0.717) is 0 Å². The molecule has 0 aromatic carbocycles. The van der Waals surface area contributed by atoms with Gasteiger partial charge in [-0.05, 0) is 13.3 Å². The predicted molar refractivity (Wildman–Crippen MR) is 44.9 cm³/mol. The third-order valence-electron chi connectivity index (χ3n) is 1.26. The van der Waals surface area contributed by atoms with E-state index in [1.54, 1.807) is 0 Å². The van der Waals surface area contributed by atoms with Crippen LogP contribution in [0.3, 0.4) is 0 Å². The van der Waals surface area contributed by atoms with Gasteiger partial charge in [-0.3, -0.25) is 4.57 Å². The van der Waals surface area contributed by atoms with Gasteiger partial charge >= 0.3 is 0 Å². The average molecular weight is 202 g/mol. The predicted octanol–water partition coefficient (Wildman–Crippen LogP) is 2.42. The lowest BCUT2D eigenvalue weighted by atomic mass is 11.7. The summed E-state index contributed by atoms with van der Waals surface area (Å²) < 4.78 is 39.7. The van der Waals surface area contributed by atoms with E-state index in [-0.39, 0.29) is 0 Å². The summed E-state index contributed by atoms with van der Waals surface area (Å²) in [5, 5.41) is 0. The Kier molecular flexibility index (Phi) is 3.49. The van der Waals surface area contributed by atoms with E-state index >= 15 is 0 Å². The Morgan fingerprint density at radius 2 is 1.64 bits per heavy atom. The summed E-state index contributed by atoms with van der Waals surface area (Å²) in [6, 6.07) is 0. The Labute approximate surface area is 66.1 Å². The second kappa shape index (κ2) is 3.38. The van der Waals surface area contributed by atoms with E-state index in [0.717, 1.165) is 13.8 Å². The Hall–Kier alpha value is 0.350. The van der Waals surface area contributed by atoms with E-state index < -0.39 is 20.2 Å². The van der Waals surface area contributed by atoms with E-state index in [2.05, 4.69) is 4.52 Å². The third kappa shape index (κ3) is 3.06. The summed E-state index contributed by atoms with van der Waals surface area (Å²) in [6.45, 7) is 3.66. The van der Waals surface area contributed by atoms with Crippen molar-refractivity contribution in [1.29, 1.82) is 0 Å². The summed E-state index contributed by atoms with van der Waals surface area (Å²) >= 11 is 0. The zero-order valence-electron chi connectivity index (χ0n) is 7.07. The second-order valence-electron chi connectivity index (χ2n) is 2.84. The minimum atomic E-state index is -3.32. The van der Waals surface area contributed by atoms with Gasteiger partial charge in [-0.1, -0.05) is 0 Å². The normalized spacial score (nSPS) is 20.8. The summed E-state index contributed by atoms with van der Waals surface area (Å²) in [5.41, 5.74) is -1.83. The summed E-state index contributed by atoms with van der Waals surface area (Å²) in [6.07, 6.45) is 0. The van der Waals surface area contributed by atoms with E-state index in [4.69, 9.17) is 0 Å². The quantitative estimate of drug-likeness (QED) is 0.660. The first kappa shape index (κ1) is 11.4. The minimum absolute atomic E-state index is 1.15. The third-order valence-corrected chi connectivity index (χ3v) is 6.71. The maximum atomic E-state index is 13.0. The van der Waals surface area contributed by atoms with Crippen LogP contribution in [-0.2, 0) is 13.7 Å². The Bertz CT molecular complexity index is 222. The van der Waals surface area contributed by atoms with Crippen LogP contribution in [0.15, 0.2) is 0 Å². The molecule has 2 atom stereocenters. The van der Waals surface area contributed by atoms with Crippen LogP contribution in [0.1, 0.15) is 0 Å². The van der Waals surface area contributed by atoms with E-state index in [9.17, 15) is 13.5 Å². The molecule has 0 spiro atoms. The highest BCUT2D eigenvalue weighted by Gasteiger charge is 2.37. The molecule has 0 aliphatic rings. The molecule has 3 nitrogen and oxygen atoms in total. The van der Waals surface area contributed by atoms with Crippen molar-refractivity contribution in [2.45, 2.75) is 5.65 Å². The molecule has 0 aliphatic heterocycles. The van der Waals surface area contributed by atoms with Crippen molar-refractivity contribution in [2.75, 3.05) is 27.1 Å². The molecule has 6 heteroatoms.